The molecule has 5 nitrogen and oxygen atoms in total. The van der Waals surface area contributed by atoms with E-state index in [1.54, 1.807) is 11.7 Å². The molecule has 0 aliphatic carbocycles. The summed E-state index contributed by atoms with van der Waals surface area (Å²) in [6, 6.07) is 9.57. The Morgan fingerprint density at radius 1 is 1.29 bits per heavy atom. The quantitative estimate of drug-likeness (QED) is 0.718. The first-order valence-electron chi connectivity index (χ1n) is 4.25. The van der Waals surface area contributed by atoms with E-state index in [9.17, 15) is 0 Å². The SMILES string of the molecule is Cn1nnnc1COc1ccccc1. The lowest BCUT2D eigenvalue weighted by atomic mass is 10.3. The number of benzene rings is 1. The lowest BCUT2D eigenvalue weighted by Crippen LogP contribution is -2.04. The molecule has 0 amide bonds. The number of para-hydroxylation sites is 1. The summed E-state index contributed by atoms with van der Waals surface area (Å²) in [6.45, 7) is 0.382. The molecule has 2 rings (SSSR count). The molecular weight excluding hydrogens is 180 g/mol. The predicted octanol–water partition coefficient (Wildman–Crippen LogP) is 0.789. The van der Waals surface area contributed by atoms with Gasteiger partial charge < -0.3 is 4.74 Å². The predicted molar refractivity (Wildman–Crippen MR) is 49.6 cm³/mol. The average molecular weight is 190 g/mol. The van der Waals surface area contributed by atoms with Crippen LogP contribution in [0.4, 0.5) is 0 Å². The fourth-order valence-electron chi connectivity index (χ4n) is 1.03. The number of ether oxygens (including phenoxy) is 1. The Morgan fingerprint density at radius 3 is 2.71 bits per heavy atom. The topological polar surface area (TPSA) is 52.8 Å². The van der Waals surface area contributed by atoms with Crippen molar-refractivity contribution in [3.63, 3.8) is 0 Å². The Kier molecular flexibility index (Phi) is 2.40. The normalized spacial score (nSPS) is 10.1. The summed E-state index contributed by atoms with van der Waals surface area (Å²) in [6.07, 6.45) is 0. The Labute approximate surface area is 81.3 Å². The summed E-state index contributed by atoms with van der Waals surface area (Å²) in [4.78, 5) is 0. The first-order valence-corrected chi connectivity index (χ1v) is 4.25. The van der Waals surface area contributed by atoms with Crippen molar-refractivity contribution in [1.82, 2.24) is 20.2 Å². The molecule has 1 heterocycles. The van der Waals surface area contributed by atoms with E-state index in [2.05, 4.69) is 15.5 Å². The van der Waals surface area contributed by atoms with Crippen LogP contribution in [0.3, 0.4) is 0 Å². The van der Waals surface area contributed by atoms with Crippen LogP contribution < -0.4 is 4.74 Å². The number of hydrogen-bond donors (Lipinski definition) is 0. The number of tetrazole rings is 1. The van der Waals surface area contributed by atoms with E-state index in [1.165, 1.54) is 0 Å². The van der Waals surface area contributed by atoms with E-state index in [0.29, 0.717) is 12.4 Å². The molecule has 0 spiro atoms. The van der Waals surface area contributed by atoms with Crippen LogP contribution >= 0.6 is 0 Å². The minimum absolute atomic E-state index is 0.382. The van der Waals surface area contributed by atoms with Crippen LogP contribution in [0.5, 0.6) is 5.75 Å². The van der Waals surface area contributed by atoms with Crippen molar-refractivity contribution in [2.24, 2.45) is 7.05 Å². The maximum atomic E-state index is 5.47. The molecule has 0 fully saturated rings. The zero-order valence-corrected chi connectivity index (χ0v) is 7.79. The van der Waals surface area contributed by atoms with E-state index < -0.39 is 0 Å². The molecule has 0 radical (unpaired) electrons. The number of aromatic nitrogens is 4. The number of aryl methyl sites for hydroxylation is 1. The van der Waals surface area contributed by atoms with Crippen LogP contribution in [0.1, 0.15) is 5.82 Å². The zero-order chi connectivity index (χ0) is 9.80. The summed E-state index contributed by atoms with van der Waals surface area (Å²) < 4.78 is 7.05. The van der Waals surface area contributed by atoms with Crippen LogP contribution in [0.2, 0.25) is 0 Å². The minimum atomic E-state index is 0.382. The summed E-state index contributed by atoms with van der Waals surface area (Å²) in [5.74, 6) is 1.52. The molecule has 14 heavy (non-hydrogen) atoms. The van der Waals surface area contributed by atoms with Crippen molar-refractivity contribution < 1.29 is 4.74 Å². The van der Waals surface area contributed by atoms with Gasteiger partial charge in [0.15, 0.2) is 5.82 Å². The van der Waals surface area contributed by atoms with Gasteiger partial charge in [0.2, 0.25) is 0 Å². The van der Waals surface area contributed by atoms with Crippen LogP contribution in [0.25, 0.3) is 0 Å². The summed E-state index contributed by atoms with van der Waals surface area (Å²) in [5.41, 5.74) is 0. The van der Waals surface area contributed by atoms with Crippen molar-refractivity contribution in [3.05, 3.63) is 36.2 Å². The number of rotatable bonds is 3. The minimum Gasteiger partial charge on any atom is -0.486 e. The van der Waals surface area contributed by atoms with Gasteiger partial charge in [0.05, 0.1) is 0 Å². The van der Waals surface area contributed by atoms with Crippen molar-refractivity contribution in [2.45, 2.75) is 6.61 Å². The van der Waals surface area contributed by atoms with Gasteiger partial charge >= 0.3 is 0 Å². The smallest absolute Gasteiger partial charge is 0.188 e. The number of nitrogens with zero attached hydrogens (tertiary/aromatic N) is 4. The molecule has 1 aromatic carbocycles. The highest BCUT2D eigenvalue weighted by Gasteiger charge is 2.01. The zero-order valence-electron chi connectivity index (χ0n) is 7.79. The van der Waals surface area contributed by atoms with Gasteiger partial charge in [0.25, 0.3) is 0 Å². The van der Waals surface area contributed by atoms with Crippen molar-refractivity contribution in [1.29, 1.82) is 0 Å². The van der Waals surface area contributed by atoms with Gasteiger partial charge in [0.1, 0.15) is 12.4 Å². The molecule has 0 saturated carbocycles. The molecule has 0 saturated heterocycles. The molecule has 0 atom stereocenters. The van der Waals surface area contributed by atoms with Crippen LogP contribution in [0, 0.1) is 0 Å². The summed E-state index contributed by atoms with van der Waals surface area (Å²) in [5, 5.41) is 11.0. The molecule has 0 unspecified atom stereocenters. The largest absolute Gasteiger partial charge is 0.486 e. The molecule has 2 aromatic rings. The third kappa shape index (κ3) is 1.87. The highest BCUT2D eigenvalue weighted by molar-refractivity contribution is 5.20. The molecule has 0 N–H and O–H groups in total. The molecule has 1 aromatic heterocycles. The maximum Gasteiger partial charge on any atom is 0.188 e. The second-order valence-electron chi connectivity index (χ2n) is 2.82. The summed E-state index contributed by atoms with van der Waals surface area (Å²) >= 11 is 0. The fraction of sp³-hybridized carbons (Fsp3) is 0.222. The van der Waals surface area contributed by atoms with Gasteiger partial charge in [-0.3, -0.25) is 0 Å². The Hall–Kier alpha value is -1.91. The standard InChI is InChI=1S/C9H10N4O/c1-13-9(10-11-12-13)7-14-8-5-3-2-4-6-8/h2-6H,7H2,1H3. The summed E-state index contributed by atoms with van der Waals surface area (Å²) in [7, 11) is 1.78. The molecule has 72 valence electrons. The Balaban J connectivity index is 1.99. The van der Waals surface area contributed by atoms with Gasteiger partial charge in [-0.05, 0) is 22.6 Å². The Morgan fingerprint density at radius 2 is 2.07 bits per heavy atom. The monoisotopic (exact) mass is 190 g/mol. The van der Waals surface area contributed by atoms with Gasteiger partial charge in [-0.15, -0.1) is 5.10 Å². The Bertz CT molecular complexity index is 398. The fourth-order valence-corrected chi connectivity index (χ4v) is 1.03. The highest BCUT2D eigenvalue weighted by Crippen LogP contribution is 2.09. The van der Waals surface area contributed by atoms with Crippen molar-refractivity contribution in [2.75, 3.05) is 0 Å². The van der Waals surface area contributed by atoms with Gasteiger partial charge in [0, 0.05) is 7.05 Å². The van der Waals surface area contributed by atoms with E-state index in [4.69, 9.17) is 4.74 Å². The maximum absolute atomic E-state index is 5.47. The third-order valence-electron chi connectivity index (χ3n) is 1.82. The van der Waals surface area contributed by atoms with Gasteiger partial charge in [-0.1, -0.05) is 18.2 Å². The lowest BCUT2D eigenvalue weighted by Gasteiger charge is -2.03. The van der Waals surface area contributed by atoms with Crippen molar-refractivity contribution >= 4 is 0 Å². The molecular formula is C9H10N4O. The first-order chi connectivity index (χ1) is 6.86. The van der Waals surface area contributed by atoms with Crippen molar-refractivity contribution in [3.8, 4) is 5.75 Å². The van der Waals surface area contributed by atoms with Crippen LogP contribution in [-0.4, -0.2) is 20.2 Å². The van der Waals surface area contributed by atoms with E-state index in [1.807, 2.05) is 30.3 Å². The van der Waals surface area contributed by atoms with Crippen LogP contribution in [0.15, 0.2) is 30.3 Å². The van der Waals surface area contributed by atoms with E-state index >= 15 is 0 Å². The van der Waals surface area contributed by atoms with Crippen LogP contribution in [-0.2, 0) is 13.7 Å². The molecule has 0 bridgehead atoms. The molecule has 0 aliphatic rings. The van der Waals surface area contributed by atoms with E-state index in [-0.39, 0.29) is 0 Å². The third-order valence-corrected chi connectivity index (χ3v) is 1.82. The molecule has 5 heteroatoms. The number of hydrogen-bond acceptors (Lipinski definition) is 4. The second kappa shape index (κ2) is 3.87. The first kappa shape index (κ1) is 8.68. The highest BCUT2D eigenvalue weighted by atomic mass is 16.5. The average Bonchev–Trinajstić information content (AvgIpc) is 2.63. The van der Waals surface area contributed by atoms with Gasteiger partial charge in [-0.2, -0.15) is 0 Å². The lowest BCUT2D eigenvalue weighted by molar-refractivity contribution is 0.289. The second-order valence-corrected chi connectivity index (χ2v) is 2.82. The molecule has 0 aliphatic heterocycles. The van der Waals surface area contributed by atoms with Gasteiger partial charge in [-0.25, -0.2) is 4.68 Å². The van der Waals surface area contributed by atoms with E-state index in [0.717, 1.165) is 5.75 Å².